The van der Waals surface area contributed by atoms with Gasteiger partial charge < -0.3 is 31.3 Å². The molecule has 2 aromatic rings. The molecule has 1 aliphatic rings. The molecular weight excluding hydrogens is 667 g/mol. The summed E-state index contributed by atoms with van der Waals surface area (Å²) in [6.07, 6.45) is -1.44. The second-order valence-electron chi connectivity index (χ2n) is 16.0. The summed E-state index contributed by atoms with van der Waals surface area (Å²) in [5.74, 6) is -2.33. The number of hydrogen-bond acceptors (Lipinski definition) is 7. The van der Waals surface area contributed by atoms with E-state index in [-0.39, 0.29) is 42.0 Å². The summed E-state index contributed by atoms with van der Waals surface area (Å²) < 4.78 is -0.640. The largest absolute Gasteiger partial charge is 0.381 e. The molecule has 0 spiro atoms. The Bertz CT molecular complexity index is 1520. The van der Waals surface area contributed by atoms with Gasteiger partial charge in [-0.3, -0.25) is 24.0 Å². The van der Waals surface area contributed by atoms with Gasteiger partial charge in [0.2, 0.25) is 23.6 Å². The van der Waals surface area contributed by atoms with E-state index in [1.54, 1.807) is 58.0 Å². The Kier molecular flexibility index (Phi) is 13.9. The van der Waals surface area contributed by atoms with Crippen molar-refractivity contribution in [1.82, 2.24) is 26.2 Å². The summed E-state index contributed by atoms with van der Waals surface area (Å²) in [7, 11) is 0. The summed E-state index contributed by atoms with van der Waals surface area (Å²) in [6, 6.07) is 13.6. The van der Waals surface area contributed by atoms with Gasteiger partial charge in [0.25, 0.3) is 5.91 Å². The highest BCUT2D eigenvalue weighted by molar-refractivity contribution is 8.00. The molecule has 5 amide bonds. The monoisotopic (exact) mass is 723 g/mol. The lowest BCUT2D eigenvalue weighted by Crippen LogP contribution is -2.62. The number of thioether (sulfide) groups is 1. The maximum atomic E-state index is 14.2. The zero-order chi connectivity index (χ0) is 38.3. The molecule has 1 heterocycles. The van der Waals surface area contributed by atoms with Crippen LogP contribution in [-0.4, -0.2) is 80.4 Å². The number of amides is 5. The Morgan fingerprint density at radius 3 is 1.94 bits per heavy atom. The second-order valence-corrected chi connectivity index (χ2v) is 17.6. The first-order chi connectivity index (χ1) is 23.7. The Hall–Kier alpha value is -3.90. The third kappa shape index (κ3) is 11.0. The summed E-state index contributed by atoms with van der Waals surface area (Å²) >= 11 is 1.44. The van der Waals surface area contributed by atoms with Crippen molar-refractivity contribution >= 4 is 41.3 Å². The Balaban J connectivity index is 1.93. The number of hydrogen-bond donors (Lipinski definition) is 5. The summed E-state index contributed by atoms with van der Waals surface area (Å²) in [5.41, 5.74) is 0.286. The van der Waals surface area contributed by atoms with Crippen LogP contribution in [-0.2, 0) is 30.4 Å². The van der Waals surface area contributed by atoms with Gasteiger partial charge in [0.05, 0.1) is 11.9 Å². The van der Waals surface area contributed by atoms with Gasteiger partial charge in [-0.1, -0.05) is 109 Å². The van der Waals surface area contributed by atoms with Crippen LogP contribution < -0.4 is 21.3 Å². The first-order valence-corrected chi connectivity index (χ1v) is 18.6. The van der Waals surface area contributed by atoms with Crippen LogP contribution >= 0.6 is 11.8 Å². The van der Waals surface area contributed by atoms with E-state index in [1.807, 2.05) is 71.9 Å². The van der Waals surface area contributed by atoms with Crippen molar-refractivity contribution in [3.8, 4) is 0 Å². The fraction of sp³-hybridized carbons (Fsp3) is 0.564. The molecule has 51 heavy (non-hydrogen) atoms. The van der Waals surface area contributed by atoms with Gasteiger partial charge in [-0.05, 0) is 49.1 Å². The van der Waals surface area contributed by atoms with E-state index >= 15 is 0 Å². The van der Waals surface area contributed by atoms with Crippen LogP contribution in [0.15, 0.2) is 60.7 Å². The van der Waals surface area contributed by atoms with Crippen LogP contribution in [0, 0.1) is 10.8 Å². The Morgan fingerprint density at radius 2 is 1.41 bits per heavy atom. The molecule has 0 aliphatic carbocycles. The van der Waals surface area contributed by atoms with Crippen LogP contribution in [0.4, 0.5) is 0 Å². The van der Waals surface area contributed by atoms with Gasteiger partial charge in [0, 0.05) is 17.2 Å². The zero-order valence-corrected chi connectivity index (χ0v) is 32.5. The fourth-order valence-corrected chi connectivity index (χ4v) is 6.89. The first-order valence-electron chi connectivity index (χ1n) is 17.6. The van der Waals surface area contributed by atoms with Crippen molar-refractivity contribution in [2.45, 2.75) is 123 Å². The van der Waals surface area contributed by atoms with Crippen LogP contribution in [0.2, 0.25) is 0 Å². The summed E-state index contributed by atoms with van der Waals surface area (Å²) in [6.45, 7) is 18.8. The lowest BCUT2D eigenvalue weighted by Gasteiger charge is -2.37. The van der Waals surface area contributed by atoms with E-state index in [2.05, 4.69) is 21.3 Å². The number of rotatable bonds is 13. The Labute approximate surface area is 307 Å². The molecule has 1 aliphatic heterocycles. The van der Waals surface area contributed by atoms with E-state index in [0.29, 0.717) is 5.56 Å². The van der Waals surface area contributed by atoms with Gasteiger partial charge >= 0.3 is 0 Å². The molecule has 0 saturated carbocycles. The minimum Gasteiger partial charge on any atom is -0.381 e. The highest BCUT2D eigenvalue weighted by Crippen LogP contribution is 2.40. The van der Waals surface area contributed by atoms with Crippen molar-refractivity contribution < 1.29 is 29.1 Å². The molecule has 0 bridgehead atoms. The van der Waals surface area contributed by atoms with Gasteiger partial charge in [0.1, 0.15) is 18.1 Å². The number of benzene rings is 2. The molecule has 0 radical (unpaired) electrons. The highest BCUT2D eigenvalue weighted by Gasteiger charge is 2.50. The van der Waals surface area contributed by atoms with Crippen molar-refractivity contribution in [3.63, 3.8) is 0 Å². The van der Waals surface area contributed by atoms with E-state index < -0.39 is 58.2 Å². The van der Waals surface area contributed by atoms with Gasteiger partial charge in [-0.25, -0.2) is 0 Å². The lowest BCUT2D eigenvalue weighted by atomic mass is 9.85. The number of aliphatic hydroxyl groups excluding tert-OH is 1. The lowest BCUT2D eigenvalue weighted by molar-refractivity contribution is -0.148. The van der Waals surface area contributed by atoms with E-state index in [4.69, 9.17) is 0 Å². The van der Waals surface area contributed by atoms with Gasteiger partial charge in [-0.15, -0.1) is 11.8 Å². The molecule has 12 heteroatoms. The van der Waals surface area contributed by atoms with Crippen molar-refractivity contribution in [1.29, 1.82) is 0 Å². The summed E-state index contributed by atoms with van der Waals surface area (Å²) in [5, 5.41) is 23.3. The smallest absolute Gasteiger partial charge is 0.254 e. The zero-order valence-electron chi connectivity index (χ0n) is 31.7. The van der Waals surface area contributed by atoms with Gasteiger partial charge in [-0.2, -0.15) is 0 Å². The van der Waals surface area contributed by atoms with Crippen molar-refractivity contribution in [3.05, 3.63) is 71.8 Å². The predicted molar refractivity (Wildman–Crippen MR) is 201 cm³/mol. The number of nitrogens with one attached hydrogen (secondary N) is 4. The summed E-state index contributed by atoms with van der Waals surface area (Å²) in [4.78, 5) is 69.7. The average molecular weight is 724 g/mol. The Morgan fingerprint density at radius 1 is 0.843 bits per heavy atom. The fourth-order valence-electron chi connectivity index (χ4n) is 5.75. The predicted octanol–water partition coefficient (Wildman–Crippen LogP) is 4.10. The third-order valence-electron chi connectivity index (χ3n) is 9.43. The van der Waals surface area contributed by atoms with Crippen LogP contribution in [0.3, 0.4) is 0 Å². The molecule has 280 valence electrons. The molecular formula is C39H57N5O6S. The van der Waals surface area contributed by atoms with Crippen molar-refractivity contribution in [2.75, 3.05) is 5.88 Å². The van der Waals surface area contributed by atoms with Crippen molar-refractivity contribution in [2.24, 2.45) is 10.8 Å². The first kappa shape index (κ1) is 41.5. The van der Waals surface area contributed by atoms with E-state index in [9.17, 15) is 29.1 Å². The molecule has 3 rings (SSSR count). The molecule has 1 fully saturated rings. The maximum absolute atomic E-state index is 14.2. The van der Waals surface area contributed by atoms with E-state index in [0.717, 1.165) is 5.56 Å². The third-order valence-corrected chi connectivity index (χ3v) is 10.8. The normalized spacial score (nSPS) is 18.8. The number of aliphatic hydroxyl groups is 1. The minimum atomic E-state index is -1.71. The second kappa shape index (κ2) is 17.1. The number of carbonyl (C=O) groups is 5. The molecule has 1 unspecified atom stereocenters. The van der Waals surface area contributed by atoms with Crippen LogP contribution in [0.5, 0.6) is 0 Å². The maximum Gasteiger partial charge on any atom is 0.254 e. The highest BCUT2D eigenvalue weighted by atomic mass is 32.2. The van der Waals surface area contributed by atoms with E-state index in [1.165, 1.54) is 16.7 Å². The average Bonchev–Trinajstić information content (AvgIpc) is 3.39. The number of carbonyl (C=O) groups excluding carboxylic acids is 5. The SMILES string of the molecule is CCC(=O)N[C@H](C(=O)N[C@H](C(=O)N[C@@H](Cc1ccccc1)[C@H](O)C(=O)N1CSC(C)(C)[C@H]1C(=O)NC(C)C(C)(C)C)C(C)(C)C)c1ccccc1. The molecule has 6 atom stereocenters. The van der Waals surface area contributed by atoms with Gasteiger partial charge in [0.15, 0.2) is 6.10 Å². The standard InChI is InChI=1S/C39H57N5O6S/c1-11-28(45)42-29(26-20-16-13-17-21-26)33(47)43-31(38(6,7)8)34(48)41-27(22-25-18-14-12-15-19-25)30(46)36(50)44-23-51-39(9,10)32(44)35(49)40-24(2)37(3,4)5/h12-21,24,27,29-32,46H,11,22-23H2,1-10H3,(H,40,49)(H,41,48)(H,42,45)(H,43,47)/t24?,27-,29-,30-,31+,32+/m0/s1. The molecule has 2 aromatic carbocycles. The number of nitrogens with zero attached hydrogens (tertiary/aromatic N) is 1. The van der Waals surface area contributed by atoms with Crippen LogP contribution in [0.1, 0.15) is 92.8 Å². The molecule has 1 saturated heterocycles. The minimum absolute atomic E-state index is 0.103. The quantitative estimate of drug-likeness (QED) is 0.208. The molecule has 11 nitrogen and oxygen atoms in total. The topological polar surface area (TPSA) is 157 Å². The molecule has 5 N–H and O–H groups in total. The van der Waals surface area contributed by atoms with Crippen LogP contribution in [0.25, 0.3) is 0 Å². The molecule has 0 aromatic heterocycles.